The van der Waals surface area contributed by atoms with E-state index in [9.17, 15) is 9.59 Å². The zero-order valence-electron chi connectivity index (χ0n) is 14.6. The van der Waals surface area contributed by atoms with Crippen molar-refractivity contribution in [3.05, 3.63) is 35.4 Å². The van der Waals surface area contributed by atoms with E-state index in [-0.39, 0.29) is 17.9 Å². The van der Waals surface area contributed by atoms with Gasteiger partial charge in [-0.15, -0.1) is 0 Å². The molecule has 3 amide bonds. The van der Waals surface area contributed by atoms with Crippen molar-refractivity contribution in [2.45, 2.75) is 43.9 Å². The molecule has 0 aliphatic heterocycles. The van der Waals surface area contributed by atoms with E-state index in [0.717, 1.165) is 19.4 Å². The third kappa shape index (κ3) is 3.51. The Labute approximate surface area is 148 Å². The van der Waals surface area contributed by atoms with Gasteiger partial charge in [-0.1, -0.05) is 24.3 Å². The minimum atomic E-state index is -0.133. The molecular formula is C20H27N3O2. The van der Waals surface area contributed by atoms with Crippen LogP contribution in [0.1, 0.15) is 43.2 Å². The monoisotopic (exact) mass is 341 g/mol. The highest BCUT2D eigenvalue weighted by Crippen LogP contribution is 2.59. The first kappa shape index (κ1) is 16.4. The highest BCUT2D eigenvalue weighted by molar-refractivity contribution is 5.80. The Morgan fingerprint density at radius 2 is 1.88 bits per heavy atom. The fraction of sp³-hybridized carbons (Fsp3) is 0.600. The first-order chi connectivity index (χ1) is 12.2. The topological polar surface area (TPSA) is 70.2 Å². The quantitative estimate of drug-likeness (QED) is 0.694. The summed E-state index contributed by atoms with van der Waals surface area (Å²) in [7, 11) is 0. The maximum absolute atomic E-state index is 11.9. The summed E-state index contributed by atoms with van der Waals surface area (Å²) in [5.41, 5.74) is 3.31. The number of hydrogen-bond donors (Lipinski definition) is 3. The molecule has 0 saturated heterocycles. The molecule has 25 heavy (non-hydrogen) atoms. The lowest BCUT2D eigenvalue weighted by atomic mass is 9.78. The van der Waals surface area contributed by atoms with E-state index in [1.807, 2.05) is 0 Å². The second-order valence-corrected chi connectivity index (χ2v) is 7.77. The molecule has 5 heteroatoms. The molecule has 0 unspecified atom stereocenters. The van der Waals surface area contributed by atoms with Crippen LogP contribution in [0.4, 0.5) is 4.79 Å². The van der Waals surface area contributed by atoms with Gasteiger partial charge in [0.1, 0.15) is 0 Å². The maximum atomic E-state index is 11.9. The molecule has 4 rings (SSSR count). The molecule has 0 heterocycles. The molecule has 0 radical (unpaired) electrons. The number of aryl methyl sites for hydroxylation is 1. The summed E-state index contributed by atoms with van der Waals surface area (Å²) >= 11 is 0. The second kappa shape index (κ2) is 6.70. The van der Waals surface area contributed by atoms with Crippen LogP contribution in [0.3, 0.4) is 0 Å². The van der Waals surface area contributed by atoms with Gasteiger partial charge in [0, 0.05) is 31.0 Å². The Bertz CT molecular complexity index is 671. The van der Waals surface area contributed by atoms with Crippen molar-refractivity contribution in [3.63, 3.8) is 0 Å². The zero-order chi connectivity index (χ0) is 17.3. The highest BCUT2D eigenvalue weighted by atomic mass is 16.2. The molecule has 0 bridgehead atoms. The number of benzene rings is 1. The second-order valence-electron chi connectivity index (χ2n) is 7.77. The van der Waals surface area contributed by atoms with Crippen LogP contribution in [-0.4, -0.2) is 31.6 Å². The Morgan fingerprint density at radius 1 is 1.08 bits per heavy atom. The van der Waals surface area contributed by atoms with E-state index in [1.54, 1.807) is 0 Å². The standard InChI is InChI=1S/C20H27N3O2/c24-18(15-7-8-15)21-10-11-22-19(25)23-13-16-12-20(16)9-3-5-14-4-1-2-6-17(14)20/h1-2,4,6,15-16H,3,5,7-13H2,(H,21,24)(H2,22,23,25)/t16-,20+/m0/s1. The van der Waals surface area contributed by atoms with Crippen LogP contribution in [0.25, 0.3) is 0 Å². The molecule has 3 N–H and O–H groups in total. The fourth-order valence-corrected chi connectivity index (χ4v) is 4.37. The molecule has 1 aromatic carbocycles. The molecule has 5 nitrogen and oxygen atoms in total. The van der Waals surface area contributed by atoms with Crippen molar-refractivity contribution >= 4 is 11.9 Å². The molecule has 1 aromatic rings. The highest BCUT2D eigenvalue weighted by Gasteiger charge is 2.56. The molecule has 3 aliphatic rings. The van der Waals surface area contributed by atoms with Gasteiger partial charge in [0.2, 0.25) is 5.91 Å². The summed E-state index contributed by atoms with van der Waals surface area (Å²) in [5.74, 6) is 0.894. The van der Waals surface area contributed by atoms with Crippen LogP contribution in [0.2, 0.25) is 0 Å². The van der Waals surface area contributed by atoms with E-state index in [2.05, 4.69) is 40.2 Å². The number of rotatable bonds is 6. The third-order valence-electron chi connectivity index (χ3n) is 6.02. The molecule has 0 aromatic heterocycles. The molecule has 1 spiro atoms. The predicted molar refractivity (Wildman–Crippen MR) is 96.3 cm³/mol. The number of amides is 3. The van der Waals surface area contributed by atoms with Gasteiger partial charge in [-0.05, 0) is 55.6 Å². The predicted octanol–water partition coefficient (Wildman–Crippen LogP) is 2.11. The van der Waals surface area contributed by atoms with E-state index >= 15 is 0 Å². The number of hydrogen-bond acceptors (Lipinski definition) is 2. The van der Waals surface area contributed by atoms with Gasteiger partial charge in [0.05, 0.1) is 0 Å². The van der Waals surface area contributed by atoms with Crippen LogP contribution in [0.5, 0.6) is 0 Å². The van der Waals surface area contributed by atoms with E-state index in [4.69, 9.17) is 0 Å². The number of carbonyl (C=O) groups is 2. The zero-order valence-corrected chi connectivity index (χ0v) is 14.6. The molecule has 2 saturated carbocycles. The summed E-state index contributed by atoms with van der Waals surface area (Å²) in [6.07, 6.45) is 6.87. The average molecular weight is 341 g/mol. The number of nitrogens with one attached hydrogen (secondary N) is 3. The molecular weight excluding hydrogens is 314 g/mol. The van der Waals surface area contributed by atoms with Gasteiger partial charge in [0.25, 0.3) is 0 Å². The maximum Gasteiger partial charge on any atom is 0.314 e. The van der Waals surface area contributed by atoms with Crippen molar-refractivity contribution in [2.75, 3.05) is 19.6 Å². The first-order valence-corrected chi connectivity index (χ1v) is 9.57. The van der Waals surface area contributed by atoms with Gasteiger partial charge in [-0.2, -0.15) is 0 Å². The van der Waals surface area contributed by atoms with Crippen LogP contribution in [0.15, 0.2) is 24.3 Å². The van der Waals surface area contributed by atoms with Gasteiger partial charge in [-0.25, -0.2) is 4.79 Å². The van der Waals surface area contributed by atoms with Crippen molar-refractivity contribution in [1.82, 2.24) is 16.0 Å². The Morgan fingerprint density at radius 3 is 2.72 bits per heavy atom. The Kier molecular flexibility index (Phi) is 4.40. The molecule has 134 valence electrons. The van der Waals surface area contributed by atoms with E-state index in [0.29, 0.717) is 24.4 Å². The first-order valence-electron chi connectivity index (χ1n) is 9.57. The number of carbonyl (C=O) groups excluding carboxylic acids is 2. The van der Waals surface area contributed by atoms with Crippen LogP contribution < -0.4 is 16.0 Å². The van der Waals surface area contributed by atoms with E-state index in [1.165, 1.54) is 36.8 Å². The molecule has 3 aliphatic carbocycles. The van der Waals surface area contributed by atoms with Crippen molar-refractivity contribution in [1.29, 1.82) is 0 Å². The van der Waals surface area contributed by atoms with Crippen molar-refractivity contribution in [3.8, 4) is 0 Å². The largest absolute Gasteiger partial charge is 0.354 e. The summed E-state index contributed by atoms with van der Waals surface area (Å²) < 4.78 is 0. The third-order valence-corrected chi connectivity index (χ3v) is 6.02. The van der Waals surface area contributed by atoms with Gasteiger partial charge in [-0.3, -0.25) is 4.79 Å². The minimum absolute atomic E-state index is 0.123. The van der Waals surface area contributed by atoms with Crippen LogP contribution >= 0.6 is 0 Å². The minimum Gasteiger partial charge on any atom is -0.354 e. The Hall–Kier alpha value is -2.04. The smallest absolute Gasteiger partial charge is 0.314 e. The van der Waals surface area contributed by atoms with Gasteiger partial charge >= 0.3 is 6.03 Å². The SMILES string of the molecule is O=C(NCCNC(=O)C1CC1)NC[C@@H]1C[C@]12CCCc1ccccc12. The normalized spacial score (nSPS) is 26.6. The average Bonchev–Trinajstić information content (AvgIpc) is 3.53. The van der Waals surface area contributed by atoms with Crippen molar-refractivity contribution < 1.29 is 9.59 Å². The summed E-state index contributed by atoms with van der Waals surface area (Å²) in [6, 6.07) is 8.66. The molecule has 2 atom stereocenters. The van der Waals surface area contributed by atoms with E-state index < -0.39 is 0 Å². The fourth-order valence-electron chi connectivity index (χ4n) is 4.37. The summed E-state index contributed by atoms with van der Waals surface area (Å²) in [6.45, 7) is 1.71. The van der Waals surface area contributed by atoms with Crippen LogP contribution in [-0.2, 0) is 16.6 Å². The lowest BCUT2D eigenvalue weighted by Gasteiger charge is -2.26. The number of fused-ring (bicyclic) bond motifs is 2. The van der Waals surface area contributed by atoms with Gasteiger partial charge < -0.3 is 16.0 Å². The number of urea groups is 1. The van der Waals surface area contributed by atoms with Crippen LogP contribution in [0, 0.1) is 11.8 Å². The summed E-state index contributed by atoms with van der Waals surface area (Å²) in [4.78, 5) is 23.5. The lowest BCUT2D eigenvalue weighted by Crippen LogP contribution is -2.41. The Balaban J connectivity index is 1.18. The van der Waals surface area contributed by atoms with Crippen molar-refractivity contribution in [2.24, 2.45) is 11.8 Å². The summed E-state index contributed by atoms with van der Waals surface area (Å²) in [5, 5.41) is 8.69. The molecule has 2 fully saturated rings. The lowest BCUT2D eigenvalue weighted by molar-refractivity contribution is -0.122. The van der Waals surface area contributed by atoms with Gasteiger partial charge in [0.15, 0.2) is 0 Å².